The van der Waals surface area contributed by atoms with E-state index in [-0.39, 0.29) is 24.9 Å². The first-order valence-electron chi connectivity index (χ1n) is 24.7. The van der Waals surface area contributed by atoms with E-state index >= 15 is 0 Å². The second kappa shape index (κ2) is 45.2. The Balaban J connectivity index is 4.59. The van der Waals surface area contributed by atoms with Crippen molar-refractivity contribution in [3.63, 3.8) is 0 Å². The number of amides is 1. The summed E-state index contributed by atoms with van der Waals surface area (Å²) in [7, 11) is 0. The monoisotopic (exact) mass is 802 g/mol. The van der Waals surface area contributed by atoms with Crippen LogP contribution in [-0.4, -0.2) is 46.9 Å². The van der Waals surface area contributed by atoms with Gasteiger partial charge in [0.15, 0.2) is 0 Å². The number of unbranched alkanes of at least 4 members (excludes halogenated alkanes) is 27. The van der Waals surface area contributed by atoms with E-state index in [4.69, 9.17) is 4.74 Å². The van der Waals surface area contributed by atoms with Crippen LogP contribution in [-0.2, 0) is 14.3 Å². The SMILES string of the molecule is CCCC/C=C\CCCCCCCC(=O)OC(CCCCCC/C=C/C=C/CCCCC)CC(=O)NC(CO)C(O)CCCCCCCCCCCCCCCC. The Morgan fingerprint density at radius 1 is 0.509 bits per heavy atom. The van der Waals surface area contributed by atoms with Crippen molar-refractivity contribution in [2.24, 2.45) is 0 Å². The Hall–Kier alpha value is -1.92. The van der Waals surface area contributed by atoms with Crippen LogP contribution < -0.4 is 5.32 Å². The van der Waals surface area contributed by atoms with Crippen molar-refractivity contribution in [1.82, 2.24) is 5.32 Å². The first-order valence-corrected chi connectivity index (χ1v) is 24.7. The largest absolute Gasteiger partial charge is 0.462 e. The van der Waals surface area contributed by atoms with Gasteiger partial charge in [0.1, 0.15) is 6.10 Å². The molecule has 0 bridgehead atoms. The second-order valence-corrected chi connectivity index (χ2v) is 16.9. The van der Waals surface area contributed by atoms with E-state index in [0.29, 0.717) is 19.3 Å². The van der Waals surface area contributed by atoms with Gasteiger partial charge in [0.25, 0.3) is 0 Å². The molecule has 0 spiro atoms. The Kier molecular flexibility index (Phi) is 43.6. The van der Waals surface area contributed by atoms with Gasteiger partial charge in [-0.3, -0.25) is 9.59 Å². The zero-order valence-electron chi connectivity index (χ0n) is 38.0. The molecule has 57 heavy (non-hydrogen) atoms. The number of allylic oxidation sites excluding steroid dienone is 6. The molecule has 0 rings (SSSR count). The van der Waals surface area contributed by atoms with Crippen molar-refractivity contribution >= 4 is 11.9 Å². The Morgan fingerprint density at radius 3 is 1.44 bits per heavy atom. The third kappa shape index (κ3) is 40.6. The van der Waals surface area contributed by atoms with Gasteiger partial charge >= 0.3 is 5.97 Å². The van der Waals surface area contributed by atoms with Gasteiger partial charge < -0.3 is 20.3 Å². The van der Waals surface area contributed by atoms with Gasteiger partial charge in [-0.25, -0.2) is 0 Å². The maximum absolute atomic E-state index is 13.2. The molecule has 0 radical (unpaired) electrons. The number of carbonyl (C=O) groups is 2. The highest BCUT2D eigenvalue weighted by atomic mass is 16.5. The number of nitrogens with one attached hydrogen (secondary N) is 1. The number of carbonyl (C=O) groups excluding carboxylic acids is 2. The van der Waals surface area contributed by atoms with Gasteiger partial charge in [0, 0.05) is 6.42 Å². The Labute approximate surface area is 353 Å². The average Bonchev–Trinajstić information content (AvgIpc) is 3.20. The first kappa shape index (κ1) is 55.1. The van der Waals surface area contributed by atoms with Crippen LogP contribution in [0.1, 0.15) is 252 Å². The molecule has 0 saturated heterocycles. The van der Waals surface area contributed by atoms with Crippen molar-refractivity contribution in [3.05, 3.63) is 36.5 Å². The number of aliphatic hydroxyl groups is 2. The molecule has 0 aliphatic carbocycles. The summed E-state index contributed by atoms with van der Waals surface area (Å²) >= 11 is 0. The zero-order valence-corrected chi connectivity index (χ0v) is 38.0. The summed E-state index contributed by atoms with van der Waals surface area (Å²) in [6.07, 6.45) is 52.0. The summed E-state index contributed by atoms with van der Waals surface area (Å²) in [6, 6.07) is -0.707. The second-order valence-electron chi connectivity index (χ2n) is 16.9. The summed E-state index contributed by atoms with van der Waals surface area (Å²) in [5.74, 6) is -0.500. The fourth-order valence-electron chi connectivity index (χ4n) is 7.40. The van der Waals surface area contributed by atoms with Crippen molar-refractivity contribution in [1.29, 1.82) is 0 Å². The van der Waals surface area contributed by atoms with Crippen molar-refractivity contribution < 1.29 is 24.5 Å². The minimum absolute atomic E-state index is 0.0624. The molecule has 0 heterocycles. The highest BCUT2D eigenvalue weighted by molar-refractivity contribution is 5.77. The lowest BCUT2D eigenvalue weighted by atomic mass is 10.0. The number of hydrogen-bond donors (Lipinski definition) is 3. The minimum atomic E-state index is -0.792. The van der Waals surface area contributed by atoms with Gasteiger partial charge in [-0.05, 0) is 70.6 Å². The van der Waals surface area contributed by atoms with Gasteiger partial charge in [0.2, 0.25) is 5.91 Å². The summed E-state index contributed by atoms with van der Waals surface area (Å²) in [5, 5.41) is 23.7. The molecule has 0 fully saturated rings. The smallest absolute Gasteiger partial charge is 0.306 e. The van der Waals surface area contributed by atoms with E-state index in [2.05, 4.69) is 62.5 Å². The molecule has 0 aliphatic rings. The van der Waals surface area contributed by atoms with E-state index in [1.807, 2.05) is 0 Å². The molecular weight excluding hydrogens is 707 g/mol. The Bertz CT molecular complexity index is 946. The van der Waals surface area contributed by atoms with Crippen LogP contribution >= 0.6 is 0 Å². The molecule has 1 amide bonds. The lowest BCUT2D eigenvalue weighted by molar-refractivity contribution is -0.151. The molecule has 0 aromatic heterocycles. The third-order valence-electron chi connectivity index (χ3n) is 11.2. The molecule has 3 unspecified atom stereocenters. The maximum Gasteiger partial charge on any atom is 0.306 e. The van der Waals surface area contributed by atoms with Crippen molar-refractivity contribution in [2.75, 3.05) is 6.61 Å². The summed E-state index contributed by atoms with van der Waals surface area (Å²) in [4.78, 5) is 26.0. The number of esters is 1. The van der Waals surface area contributed by atoms with Crippen LogP contribution in [0.3, 0.4) is 0 Å². The Morgan fingerprint density at radius 2 is 0.912 bits per heavy atom. The van der Waals surface area contributed by atoms with Gasteiger partial charge in [0.05, 0.1) is 25.2 Å². The van der Waals surface area contributed by atoms with E-state index < -0.39 is 18.2 Å². The third-order valence-corrected chi connectivity index (χ3v) is 11.2. The van der Waals surface area contributed by atoms with E-state index in [0.717, 1.165) is 83.5 Å². The number of aliphatic hydroxyl groups excluding tert-OH is 2. The highest BCUT2D eigenvalue weighted by Crippen LogP contribution is 2.17. The molecule has 0 aromatic rings. The molecule has 3 atom stereocenters. The van der Waals surface area contributed by atoms with E-state index in [9.17, 15) is 19.8 Å². The van der Waals surface area contributed by atoms with Gasteiger partial charge in [-0.2, -0.15) is 0 Å². The standard InChI is InChI=1S/C51H95NO5/c1-4-7-10-13-16-19-22-24-26-29-31-34-37-40-43-49(54)48(46-53)52-50(55)45-47(42-39-36-33-30-28-25-23-20-17-14-11-8-5-2)57-51(56)44-41-38-35-32-27-21-18-15-12-9-6-3/h15,17-18,20,23,25,47-49,53-54H,4-14,16,19,21-22,24,26-46H2,1-3H3,(H,52,55)/b18-15-,20-17+,25-23+. The number of ether oxygens (including phenoxy) is 1. The molecule has 0 saturated carbocycles. The molecule has 334 valence electrons. The summed E-state index contributed by atoms with van der Waals surface area (Å²) in [6.45, 7) is 6.41. The molecule has 0 aliphatic heterocycles. The fourth-order valence-corrected chi connectivity index (χ4v) is 7.40. The maximum atomic E-state index is 13.2. The predicted octanol–water partition coefficient (Wildman–Crippen LogP) is 14.5. The number of rotatable bonds is 44. The minimum Gasteiger partial charge on any atom is -0.462 e. The highest BCUT2D eigenvalue weighted by Gasteiger charge is 2.24. The summed E-state index contributed by atoms with van der Waals surface area (Å²) in [5.41, 5.74) is 0. The lowest BCUT2D eigenvalue weighted by Gasteiger charge is -2.24. The molecular formula is C51H95NO5. The number of hydrogen-bond acceptors (Lipinski definition) is 5. The van der Waals surface area contributed by atoms with Gasteiger partial charge in [-0.1, -0.05) is 205 Å². The quantitative estimate of drug-likeness (QED) is 0.0247. The van der Waals surface area contributed by atoms with Crippen LogP contribution in [0.4, 0.5) is 0 Å². The van der Waals surface area contributed by atoms with Crippen molar-refractivity contribution in [3.8, 4) is 0 Å². The van der Waals surface area contributed by atoms with Crippen LogP contribution in [0.5, 0.6) is 0 Å². The fraction of sp³-hybridized carbons (Fsp3) is 0.843. The first-order chi connectivity index (χ1) is 28.0. The van der Waals surface area contributed by atoms with Gasteiger partial charge in [-0.15, -0.1) is 0 Å². The molecule has 6 nitrogen and oxygen atoms in total. The molecule has 3 N–H and O–H groups in total. The van der Waals surface area contributed by atoms with E-state index in [1.165, 1.54) is 122 Å². The predicted molar refractivity (Wildman–Crippen MR) is 246 cm³/mol. The van der Waals surface area contributed by atoms with Crippen LogP contribution in [0.2, 0.25) is 0 Å². The summed E-state index contributed by atoms with van der Waals surface area (Å²) < 4.78 is 5.90. The van der Waals surface area contributed by atoms with Crippen molar-refractivity contribution in [2.45, 2.75) is 270 Å². The average molecular weight is 802 g/mol. The van der Waals surface area contributed by atoms with Crippen LogP contribution in [0.15, 0.2) is 36.5 Å². The normalized spacial score (nSPS) is 13.6. The zero-order chi connectivity index (χ0) is 41.7. The lowest BCUT2D eigenvalue weighted by Crippen LogP contribution is -2.46. The van der Waals surface area contributed by atoms with Crippen LogP contribution in [0, 0.1) is 0 Å². The van der Waals surface area contributed by atoms with E-state index in [1.54, 1.807) is 0 Å². The van der Waals surface area contributed by atoms with Crippen LogP contribution in [0.25, 0.3) is 0 Å². The molecule has 6 heteroatoms. The topological polar surface area (TPSA) is 95.9 Å². The molecule has 0 aromatic carbocycles.